The van der Waals surface area contributed by atoms with Crippen molar-refractivity contribution in [3.8, 4) is 0 Å². The van der Waals surface area contributed by atoms with E-state index in [0.717, 1.165) is 5.69 Å². The number of imidazole rings is 1. The summed E-state index contributed by atoms with van der Waals surface area (Å²) in [6.45, 7) is 6.06. The van der Waals surface area contributed by atoms with Gasteiger partial charge in [-0.15, -0.1) is 0 Å². The minimum atomic E-state index is -0.359. The molecule has 3 heterocycles. The molecule has 0 fully saturated rings. The number of rotatable bonds is 2. The highest BCUT2D eigenvalue weighted by Crippen LogP contribution is 2.23. The molecule has 0 spiro atoms. The quantitative estimate of drug-likeness (QED) is 0.780. The van der Waals surface area contributed by atoms with Crippen LogP contribution in [-0.2, 0) is 5.41 Å². The lowest BCUT2D eigenvalue weighted by Gasteiger charge is -2.12. The van der Waals surface area contributed by atoms with Crippen molar-refractivity contribution < 1.29 is 9.32 Å². The van der Waals surface area contributed by atoms with Crippen LogP contribution in [0.4, 0.5) is 5.88 Å². The summed E-state index contributed by atoms with van der Waals surface area (Å²) in [6.07, 6.45) is 3.30. The molecule has 0 saturated heterocycles. The van der Waals surface area contributed by atoms with Gasteiger partial charge in [0.05, 0.1) is 5.69 Å². The van der Waals surface area contributed by atoms with Gasteiger partial charge in [0.1, 0.15) is 5.69 Å². The van der Waals surface area contributed by atoms with Crippen molar-refractivity contribution in [1.82, 2.24) is 19.8 Å². The summed E-state index contributed by atoms with van der Waals surface area (Å²) in [4.78, 5) is 16.2. The highest BCUT2D eigenvalue weighted by molar-refractivity contribution is 6.02. The van der Waals surface area contributed by atoms with Crippen molar-refractivity contribution in [2.75, 3.05) is 5.32 Å². The summed E-state index contributed by atoms with van der Waals surface area (Å²) in [5.41, 5.74) is 1.59. The number of anilines is 1. The third kappa shape index (κ3) is 2.62. The molecule has 3 rings (SSSR count). The minimum absolute atomic E-state index is 0.138. The Bertz CT molecular complexity index is 797. The van der Waals surface area contributed by atoms with Crippen LogP contribution in [0.1, 0.15) is 37.0 Å². The molecule has 0 saturated carbocycles. The van der Waals surface area contributed by atoms with E-state index in [0.29, 0.717) is 11.5 Å². The maximum Gasteiger partial charge on any atom is 0.278 e. The molecule has 1 N–H and O–H groups in total. The Labute approximate surface area is 121 Å². The zero-order chi connectivity index (χ0) is 15.0. The van der Waals surface area contributed by atoms with Gasteiger partial charge in [0.2, 0.25) is 5.88 Å². The lowest BCUT2D eigenvalue weighted by molar-refractivity contribution is 0.101. The van der Waals surface area contributed by atoms with Gasteiger partial charge in [-0.2, -0.15) is 5.10 Å². The van der Waals surface area contributed by atoms with Crippen LogP contribution >= 0.6 is 0 Å². The molecule has 7 nitrogen and oxygen atoms in total. The summed E-state index contributed by atoms with van der Waals surface area (Å²) in [5, 5.41) is 10.8. The van der Waals surface area contributed by atoms with Gasteiger partial charge in [-0.3, -0.25) is 10.1 Å². The molecule has 3 aromatic heterocycles. The first-order valence-corrected chi connectivity index (χ1v) is 6.52. The van der Waals surface area contributed by atoms with E-state index in [1.54, 1.807) is 30.6 Å². The van der Waals surface area contributed by atoms with Crippen LogP contribution in [0.3, 0.4) is 0 Å². The predicted octanol–water partition coefficient (Wildman–Crippen LogP) is 2.27. The molecule has 0 aliphatic heterocycles. The predicted molar refractivity (Wildman–Crippen MR) is 76.1 cm³/mol. The van der Waals surface area contributed by atoms with Crippen LogP contribution in [-0.4, -0.2) is 25.7 Å². The van der Waals surface area contributed by atoms with E-state index in [1.807, 2.05) is 20.8 Å². The summed E-state index contributed by atoms with van der Waals surface area (Å²) in [5.74, 6) is -0.0559. The number of amides is 1. The summed E-state index contributed by atoms with van der Waals surface area (Å²) < 4.78 is 6.66. The number of fused-ring (bicyclic) bond motifs is 1. The first-order chi connectivity index (χ1) is 9.93. The van der Waals surface area contributed by atoms with Crippen LogP contribution in [0.5, 0.6) is 0 Å². The molecule has 0 atom stereocenters. The fourth-order valence-electron chi connectivity index (χ4n) is 1.80. The molecular formula is C14H15N5O2. The van der Waals surface area contributed by atoms with Crippen molar-refractivity contribution in [3.05, 3.63) is 42.0 Å². The number of nitrogens with one attached hydrogen (secondary N) is 1. The fourth-order valence-corrected chi connectivity index (χ4v) is 1.80. The Morgan fingerprint density at radius 3 is 2.86 bits per heavy atom. The summed E-state index contributed by atoms with van der Waals surface area (Å²) in [7, 11) is 0. The molecule has 3 aromatic rings. The van der Waals surface area contributed by atoms with Gasteiger partial charge in [0, 0.05) is 23.9 Å². The van der Waals surface area contributed by atoms with Crippen molar-refractivity contribution in [2.45, 2.75) is 26.2 Å². The Morgan fingerprint density at radius 1 is 1.33 bits per heavy atom. The van der Waals surface area contributed by atoms with Crippen molar-refractivity contribution in [2.24, 2.45) is 0 Å². The number of carbonyl (C=O) groups excluding carboxylic acids is 1. The van der Waals surface area contributed by atoms with Gasteiger partial charge < -0.3 is 4.52 Å². The highest BCUT2D eigenvalue weighted by Gasteiger charge is 2.20. The van der Waals surface area contributed by atoms with E-state index in [2.05, 4.69) is 20.6 Å². The maximum absolute atomic E-state index is 12.1. The Morgan fingerprint density at radius 2 is 2.14 bits per heavy atom. The zero-order valence-electron chi connectivity index (χ0n) is 12.0. The molecule has 0 aliphatic carbocycles. The molecule has 0 aromatic carbocycles. The second-order valence-electron chi connectivity index (χ2n) is 5.73. The average molecular weight is 285 g/mol. The Balaban J connectivity index is 1.81. The molecule has 108 valence electrons. The van der Waals surface area contributed by atoms with E-state index < -0.39 is 0 Å². The fraction of sp³-hybridized carbons (Fsp3) is 0.286. The lowest BCUT2D eigenvalue weighted by Crippen LogP contribution is -2.15. The van der Waals surface area contributed by atoms with Crippen LogP contribution in [0, 0.1) is 0 Å². The Hall–Kier alpha value is -2.70. The number of hydrogen-bond acceptors (Lipinski definition) is 5. The first kappa shape index (κ1) is 13.3. The normalized spacial score (nSPS) is 11.8. The molecule has 21 heavy (non-hydrogen) atoms. The molecular weight excluding hydrogens is 270 g/mol. The highest BCUT2D eigenvalue weighted by atomic mass is 16.5. The van der Waals surface area contributed by atoms with E-state index in [9.17, 15) is 4.79 Å². The van der Waals surface area contributed by atoms with Crippen molar-refractivity contribution >= 4 is 17.4 Å². The number of aromatic nitrogens is 4. The Kier molecular flexibility index (Phi) is 2.97. The van der Waals surface area contributed by atoms with Gasteiger partial charge in [-0.25, -0.2) is 9.50 Å². The van der Waals surface area contributed by atoms with E-state index in [-0.39, 0.29) is 17.0 Å². The van der Waals surface area contributed by atoms with Crippen LogP contribution in [0.25, 0.3) is 5.65 Å². The minimum Gasteiger partial charge on any atom is -0.338 e. The van der Waals surface area contributed by atoms with Crippen LogP contribution < -0.4 is 5.32 Å². The van der Waals surface area contributed by atoms with Gasteiger partial charge in [-0.1, -0.05) is 25.9 Å². The SMILES string of the molecule is CC(C)(C)c1cc(NC(=O)c2ccc3nccn3n2)on1. The van der Waals surface area contributed by atoms with E-state index in [1.165, 1.54) is 4.52 Å². The third-order valence-corrected chi connectivity index (χ3v) is 3.00. The second-order valence-corrected chi connectivity index (χ2v) is 5.73. The molecule has 0 aliphatic rings. The summed E-state index contributed by atoms with van der Waals surface area (Å²) in [6, 6.07) is 5.05. The number of hydrogen-bond donors (Lipinski definition) is 1. The zero-order valence-corrected chi connectivity index (χ0v) is 12.0. The average Bonchev–Trinajstić information content (AvgIpc) is 3.04. The number of carbonyl (C=O) groups is 1. The molecule has 7 heteroatoms. The molecule has 0 unspecified atom stereocenters. The smallest absolute Gasteiger partial charge is 0.278 e. The first-order valence-electron chi connectivity index (χ1n) is 6.52. The van der Waals surface area contributed by atoms with Crippen molar-refractivity contribution in [1.29, 1.82) is 0 Å². The van der Waals surface area contributed by atoms with Crippen LogP contribution in [0.15, 0.2) is 35.1 Å². The van der Waals surface area contributed by atoms with Gasteiger partial charge in [0.25, 0.3) is 5.91 Å². The topological polar surface area (TPSA) is 85.3 Å². The molecule has 0 bridgehead atoms. The monoisotopic (exact) mass is 285 g/mol. The van der Waals surface area contributed by atoms with Gasteiger partial charge in [0.15, 0.2) is 5.65 Å². The lowest BCUT2D eigenvalue weighted by atomic mass is 9.92. The van der Waals surface area contributed by atoms with Gasteiger partial charge in [-0.05, 0) is 12.1 Å². The van der Waals surface area contributed by atoms with Gasteiger partial charge >= 0.3 is 0 Å². The largest absolute Gasteiger partial charge is 0.338 e. The molecule has 1 amide bonds. The van der Waals surface area contributed by atoms with E-state index >= 15 is 0 Å². The van der Waals surface area contributed by atoms with Crippen LogP contribution in [0.2, 0.25) is 0 Å². The van der Waals surface area contributed by atoms with E-state index in [4.69, 9.17) is 4.52 Å². The van der Waals surface area contributed by atoms with Crippen molar-refractivity contribution in [3.63, 3.8) is 0 Å². The number of nitrogens with zero attached hydrogens (tertiary/aromatic N) is 4. The maximum atomic E-state index is 12.1. The third-order valence-electron chi connectivity index (χ3n) is 3.00. The second kappa shape index (κ2) is 4.69. The molecule has 0 radical (unpaired) electrons. The standard InChI is InChI=1S/C14H15N5O2/c1-14(2,3)10-8-12(21-18-10)16-13(20)9-4-5-11-15-6-7-19(11)17-9/h4-8H,1-3H3,(H,16,20). The summed E-state index contributed by atoms with van der Waals surface area (Å²) >= 11 is 0.